The first-order valence-electron chi connectivity index (χ1n) is 6.81. The smallest absolute Gasteiger partial charge is 0.130 e. The van der Waals surface area contributed by atoms with Crippen molar-refractivity contribution in [2.45, 2.75) is 39.7 Å². The molecule has 0 saturated heterocycles. The molecule has 0 fully saturated rings. The van der Waals surface area contributed by atoms with E-state index >= 15 is 0 Å². The molecule has 0 aromatic carbocycles. The van der Waals surface area contributed by atoms with E-state index in [4.69, 9.17) is 0 Å². The number of aryl methyl sites for hydroxylation is 2. The highest BCUT2D eigenvalue weighted by atomic mass is 15.1. The molecule has 1 N–H and O–H groups in total. The van der Waals surface area contributed by atoms with Crippen LogP contribution in [0.4, 0.5) is 5.82 Å². The number of rotatable bonds is 6. The van der Waals surface area contributed by atoms with Crippen molar-refractivity contribution in [3.05, 3.63) is 35.8 Å². The molecular weight excluding hydrogens is 238 g/mol. The van der Waals surface area contributed by atoms with Crippen molar-refractivity contribution in [1.29, 1.82) is 0 Å². The molecule has 0 saturated carbocycles. The van der Waals surface area contributed by atoms with Gasteiger partial charge in [0.1, 0.15) is 17.5 Å². The summed E-state index contributed by atoms with van der Waals surface area (Å²) in [6, 6.07) is 1.99. The highest BCUT2D eigenvalue weighted by molar-refractivity contribution is 5.36. The highest BCUT2D eigenvalue weighted by Crippen LogP contribution is 2.11. The molecule has 102 valence electrons. The minimum atomic E-state index is 0.747. The van der Waals surface area contributed by atoms with Crippen LogP contribution in [0.25, 0.3) is 0 Å². The van der Waals surface area contributed by atoms with Gasteiger partial charge in [-0.25, -0.2) is 15.0 Å². The van der Waals surface area contributed by atoms with Crippen LogP contribution in [0.5, 0.6) is 0 Å². The molecule has 0 unspecified atom stereocenters. The first-order valence-corrected chi connectivity index (χ1v) is 6.81. The maximum Gasteiger partial charge on any atom is 0.130 e. The molecule has 0 atom stereocenters. The van der Waals surface area contributed by atoms with Gasteiger partial charge in [-0.05, 0) is 6.42 Å². The predicted octanol–water partition coefficient (Wildman–Crippen LogP) is 2.28. The Morgan fingerprint density at radius 2 is 2.11 bits per heavy atom. The Balaban J connectivity index is 2.24. The van der Waals surface area contributed by atoms with Crippen LogP contribution in [0.15, 0.2) is 18.5 Å². The molecule has 0 spiro atoms. The van der Waals surface area contributed by atoms with Crippen LogP contribution in [-0.4, -0.2) is 26.6 Å². The molecule has 0 aliphatic rings. The maximum absolute atomic E-state index is 4.57. The van der Waals surface area contributed by atoms with Crippen molar-refractivity contribution in [2.24, 2.45) is 0 Å². The zero-order chi connectivity index (χ0) is 13.7. The summed E-state index contributed by atoms with van der Waals surface area (Å²) in [5.41, 5.74) is 1.01. The van der Waals surface area contributed by atoms with Crippen LogP contribution >= 0.6 is 0 Å². The number of aromatic nitrogens is 4. The Bertz CT molecular complexity index is 510. The van der Waals surface area contributed by atoms with Crippen molar-refractivity contribution in [2.75, 3.05) is 12.4 Å². The second-order valence-electron chi connectivity index (χ2n) is 4.48. The number of imidazole rings is 1. The minimum Gasteiger partial charge on any atom is -0.373 e. The SMILES string of the molecule is CCCn1ccnc1Cc1cc(NC)nc(CC)n1. The summed E-state index contributed by atoms with van der Waals surface area (Å²) < 4.78 is 2.19. The fourth-order valence-electron chi connectivity index (χ4n) is 2.04. The van der Waals surface area contributed by atoms with Crippen molar-refractivity contribution in [3.8, 4) is 0 Å². The molecule has 0 aliphatic carbocycles. The van der Waals surface area contributed by atoms with Crippen LogP contribution in [-0.2, 0) is 19.4 Å². The van der Waals surface area contributed by atoms with E-state index < -0.39 is 0 Å². The van der Waals surface area contributed by atoms with E-state index in [1.54, 1.807) is 0 Å². The largest absolute Gasteiger partial charge is 0.373 e. The summed E-state index contributed by atoms with van der Waals surface area (Å²) in [6.45, 7) is 5.24. The molecule has 2 aromatic heterocycles. The fraction of sp³-hybridized carbons (Fsp3) is 0.500. The summed E-state index contributed by atoms with van der Waals surface area (Å²) in [5, 5.41) is 3.08. The standard InChI is InChI=1S/C14H21N5/c1-4-7-19-8-6-16-14(19)10-11-9-13(15-3)18-12(5-2)17-11/h6,8-9H,4-5,7,10H2,1-3H3,(H,15,17,18). The van der Waals surface area contributed by atoms with Gasteiger partial charge >= 0.3 is 0 Å². The van der Waals surface area contributed by atoms with Crippen LogP contribution < -0.4 is 5.32 Å². The van der Waals surface area contributed by atoms with Gasteiger partial charge in [0.25, 0.3) is 0 Å². The van der Waals surface area contributed by atoms with E-state index in [0.717, 1.165) is 49.0 Å². The molecule has 0 aliphatic heterocycles. The van der Waals surface area contributed by atoms with Gasteiger partial charge in [0, 0.05) is 44.9 Å². The number of hydrogen-bond acceptors (Lipinski definition) is 4. The second kappa shape index (κ2) is 6.31. The first-order chi connectivity index (χ1) is 9.26. The van der Waals surface area contributed by atoms with Crippen LogP contribution in [0.1, 0.15) is 37.6 Å². The summed E-state index contributed by atoms with van der Waals surface area (Å²) in [6.07, 6.45) is 6.57. The number of nitrogens with zero attached hydrogens (tertiary/aromatic N) is 4. The lowest BCUT2D eigenvalue weighted by molar-refractivity contribution is 0.644. The number of nitrogens with one attached hydrogen (secondary N) is 1. The van der Waals surface area contributed by atoms with E-state index in [-0.39, 0.29) is 0 Å². The van der Waals surface area contributed by atoms with Crippen molar-refractivity contribution in [1.82, 2.24) is 19.5 Å². The summed E-state index contributed by atoms with van der Waals surface area (Å²) in [7, 11) is 1.88. The quantitative estimate of drug-likeness (QED) is 0.864. The third kappa shape index (κ3) is 3.30. The Hall–Kier alpha value is -1.91. The number of anilines is 1. The van der Waals surface area contributed by atoms with Crippen molar-refractivity contribution in [3.63, 3.8) is 0 Å². The molecule has 2 aromatic rings. The Morgan fingerprint density at radius 3 is 2.79 bits per heavy atom. The van der Waals surface area contributed by atoms with Gasteiger partial charge in [0.15, 0.2) is 0 Å². The fourth-order valence-corrected chi connectivity index (χ4v) is 2.04. The molecule has 0 bridgehead atoms. The second-order valence-corrected chi connectivity index (χ2v) is 4.48. The van der Waals surface area contributed by atoms with Crippen LogP contribution in [0.2, 0.25) is 0 Å². The topological polar surface area (TPSA) is 55.6 Å². The highest BCUT2D eigenvalue weighted by Gasteiger charge is 2.07. The average Bonchev–Trinajstić information content (AvgIpc) is 2.86. The predicted molar refractivity (Wildman–Crippen MR) is 76.3 cm³/mol. The van der Waals surface area contributed by atoms with Crippen LogP contribution in [0, 0.1) is 0 Å². The lowest BCUT2D eigenvalue weighted by Crippen LogP contribution is -2.07. The Morgan fingerprint density at radius 1 is 1.26 bits per heavy atom. The van der Waals surface area contributed by atoms with Gasteiger partial charge in [-0.15, -0.1) is 0 Å². The summed E-state index contributed by atoms with van der Waals surface area (Å²) in [5.74, 6) is 2.80. The zero-order valence-electron chi connectivity index (χ0n) is 11.8. The Labute approximate surface area is 114 Å². The van der Waals surface area contributed by atoms with Gasteiger partial charge in [-0.1, -0.05) is 13.8 Å². The van der Waals surface area contributed by atoms with Gasteiger partial charge in [0.05, 0.1) is 5.69 Å². The number of hydrogen-bond donors (Lipinski definition) is 1. The molecule has 5 nitrogen and oxygen atoms in total. The van der Waals surface area contributed by atoms with E-state index in [1.165, 1.54) is 0 Å². The molecule has 0 radical (unpaired) electrons. The molecule has 2 heterocycles. The summed E-state index contributed by atoms with van der Waals surface area (Å²) >= 11 is 0. The molecule has 0 amide bonds. The van der Waals surface area contributed by atoms with E-state index in [2.05, 4.69) is 38.7 Å². The normalized spacial score (nSPS) is 10.7. The third-order valence-corrected chi connectivity index (χ3v) is 3.00. The molecule has 5 heteroatoms. The molecular formula is C14H21N5. The van der Waals surface area contributed by atoms with Gasteiger partial charge < -0.3 is 9.88 Å². The zero-order valence-corrected chi connectivity index (χ0v) is 11.8. The van der Waals surface area contributed by atoms with Crippen LogP contribution in [0.3, 0.4) is 0 Å². The van der Waals surface area contributed by atoms with Gasteiger partial charge in [-0.3, -0.25) is 0 Å². The monoisotopic (exact) mass is 259 g/mol. The lowest BCUT2D eigenvalue weighted by atomic mass is 10.2. The van der Waals surface area contributed by atoms with Crippen molar-refractivity contribution >= 4 is 5.82 Å². The maximum atomic E-state index is 4.57. The van der Waals surface area contributed by atoms with Gasteiger partial charge in [-0.2, -0.15) is 0 Å². The lowest BCUT2D eigenvalue weighted by Gasteiger charge is -2.08. The van der Waals surface area contributed by atoms with E-state index in [1.807, 2.05) is 25.5 Å². The summed E-state index contributed by atoms with van der Waals surface area (Å²) in [4.78, 5) is 13.4. The van der Waals surface area contributed by atoms with Gasteiger partial charge in [0.2, 0.25) is 0 Å². The molecule has 2 rings (SSSR count). The average molecular weight is 259 g/mol. The Kier molecular flexibility index (Phi) is 4.49. The third-order valence-electron chi connectivity index (χ3n) is 3.00. The van der Waals surface area contributed by atoms with E-state index in [9.17, 15) is 0 Å². The van der Waals surface area contributed by atoms with Crippen molar-refractivity contribution < 1.29 is 0 Å². The van der Waals surface area contributed by atoms with E-state index in [0.29, 0.717) is 0 Å². The first kappa shape index (κ1) is 13.5. The minimum absolute atomic E-state index is 0.747. The molecule has 19 heavy (non-hydrogen) atoms.